The van der Waals surface area contributed by atoms with Gasteiger partial charge in [-0.1, -0.05) is 24.3 Å². The number of aromatic nitrogens is 1. The second kappa shape index (κ2) is 3.52. The van der Waals surface area contributed by atoms with Gasteiger partial charge in [0, 0.05) is 22.5 Å². The Balaban J connectivity index is 2.41. The van der Waals surface area contributed by atoms with E-state index in [-0.39, 0.29) is 0 Å². The van der Waals surface area contributed by atoms with Gasteiger partial charge in [0.25, 0.3) is 0 Å². The maximum atomic E-state index is 10.8. The number of amides is 1. The molecule has 0 bridgehead atoms. The molecular weight excluding hydrogens is 216 g/mol. The molecule has 17 heavy (non-hydrogen) atoms. The first-order valence-corrected chi connectivity index (χ1v) is 5.24. The Kier molecular flexibility index (Phi) is 2.01. The molecule has 4 nitrogen and oxygen atoms in total. The minimum Gasteiger partial charge on any atom is -0.465 e. The first kappa shape index (κ1) is 9.72. The monoisotopic (exact) mass is 226 g/mol. The van der Waals surface area contributed by atoms with Crippen LogP contribution in [0.5, 0.6) is 0 Å². The number of carbonyl (C=O) groups is 1. The van der Waals surface area contributed by atoms with E-state index in [9.17, 15) is 4.79 Å². The van der Waals surface area contributed by atoms with E-state index in [0.717, 1.165) is 21.7 Å². The Labute approximate surface area is 96.9 Å². The Morgan fingerprint density at radius 1 is 1.12 bits per heavy atom. The van der Waals surface area contributed by atoms with Crippen molar-refractivity contribution in [2.24, 2.45) is 0 Å². The van der Waals surface area contributed by atoms with Gasteiger partial charge in [0.15, 0.2) is 0 Å². The first-order chi connectivity index (χ1) is 8.25. The zero-order valence-electron chi connectivity index (χ0n) is 8.90. The van der Waals surface area contributed by atoms with Gasteiger partial charge in [-0.05, 0) is 17.5 Å². The molecule has 1 aromatic heterocycles. The third kappa shape index (κ3) is 1.50. The molecule has 3 N–H and O–H groups in total. The standard InChI is InChI=1S/C13H10N2O2/c16-13(17)15-12-7-11-10(5-6-14-11)8-3-1-2-4-9(8)12/h1-7,14-15H,(H,16,17). The summed E-state index contributed by atoms with van der Waals surface area (Å²) in [6.45, 7) is 0. The second-order valence-corrected chi connectivity index (χ2v) is 3.84. The molecule has 3 rings (SSSR count). The van der Waals surface area contributed by atoms with E-state index >= 15 is 0 Å². The molecule has 0 fully saturated rings. The number of benzene rings is 2. The molecule has 1 heterocycles. The Morgan fingerprint density at radius 3 is 2.65 bits per heavy atom. The summed E-state index contributed by atoms with van der Waals surface area (Å²) in [4.78, 5) is 13.9. The van der Waals surface area contributed by atoms with Crippen molar-refractivity contribution >= 4 is 33.5 Å². The molecule has 0 aliphatic heterocycles. The van der Waals surface area contributed by atoms with Crippen LogP contribution in [0.1, 0.15) is 0 Å². The van der Waals surface area contributed by atoms with E-state index in [1.165, 1.54) is 0 Å². The number of nitrogens with one attached hydrogen (secondary N) is 2. The van der Waals surface area contributed by atoms with Crippen molar-refractivity contribution in [2.45, 2.75) is 0 Å². The van der Waals surface area contributed by atoms with Crippen LogP contribution < -0.4 is 5.32 Å². The van der Waals surface area contributed by atoms with Crippen LogP contribution in [0, 0.1) is 0 Å². The highest BCUT2D eigenvalue weighted by atomic mass is 16.4. The van der Waals surface area contributed by atoms with E-state index in [2.05, 4.69) is 10.3 Å². The summed E-state index contributed by atoms with van der Waals surface area (Å²) in [6.07, 6.45) is 0.794. The van der Waals surface area contributed by atoms with Crippen molar-refractivity contribution in [3.8, 4) is 0 Å². The molecule has 3 aromatic rings. The number of anilines is 1. The minimum atomic E-state index is -1.05. The van der Waals surface area contributed by atoms with E-state index in [1.807, 2.05) is 42.6 Å². The topological polar surface area (TPSA) is 65.1 Å². The van der Waals surface area contributed by atoms with Crippen molar-refractivity contribution in [3.05, 3.63) is 42.6 Å². The molecule has 0 atom stereocenters. The number of hydrogen-bond donors (Lipinski definition) is 3. The molecule has 0 spiro atoms. The van der Waals surface area contributed by atoms with Gasteiger partial charge in [0.1, 0.15) is 0 Å². The fourth-order valence-electron chi connectivity index (χ4n) is 2.13. The minimum absolute atomic E-state index is 0.600. The van der Waals surface area contributed by atoms with Crippen LogP contribution in [0.2, 0.25) is 0 Å². The van der Waals surface area contributed by atoms with E-state index in [4.69, 9.17) is 5.11 Å². The van der Waals surface area contributed by atoms with Gasteiger partial charge in [-0.15, -0.1) is 0 Å². The summed E-state index contributed by atoms with van der Waals surface area (Å²) in [5.41, 5.74) is 1.52. The second-order valence-electron chi connectivity index (χ2n) is 3.84. The fraction of sp³-hybridized carbons (Fsp3) is 0. The van der Waals surface area contributed by atoms with E-state index < -0.39 is 6.09 Å². The third-order valence-corrected chi connectivity index (χ3v) is 2.82. The van der Waals surface area contributed by atoms with Gasteiger partial charge in [-0.3, -0.25) is 5.32 Å². The number of aromatic amines is 1. The predicted molar refractivity (Wildman–Crippen MR) is 67.5 cm³/mol. The smallest absolute Gasteiger partial charge is 0.409 e. The van der Waals surface area contributed by atoms with Gasteiger partial charge >= 0.3 is 6.09 Å². The Hall–Kier alpha value is -2.49. The zero-order valence-corrected chi connectivity index (χ0v) is 8.90. The number of H-pyrrole nitrogens is 1. The molecule has 84 valence electrons. The summed E-state index contributed by atoms with van der Waals surface area (Å²) in [5, 5.41) is 14.3. The summed E-state index contributed by atoms with van der Waals surface area (Å²) in [5.74, 6) is 0. The molecule has 2 aromatic carbocycles. The average molecular weight is 226 g/mol. The Bertz CT molecular complexity index is 716. The van der Waals surface area contributed by atoms with Crippen LogP contribution in [-0.2, 0) is 0 Å². The van der Waals surface area contributed by atoms with Gasteiger partial charge in [-0.25, -0.2) is 4.79 Å². The molecule has 0 unspecified atom stereocenters. The highest BCUT2D eigenvalue weighted by Gasteiger charge is 2.08. The lowest BCUT2D eigenvalue weighted by molar-refractivity contribution is 0.210. The zero-order chi connectivity index (χ0) is 11.8. The molecular formula is C13H10N2O2. The maximum absolute atomic E-state index is 10.8. The lowest BCUT2D eigenvalue weighted by Gasteiger charge is -2.07. The SMILES string of the molecule is O=C(O)Nc1cc2[nH]ccc2c2ccccc12. The lowest BCUT2D eigenvalue weighted by atomic mass is 10.0. The lowest BCUT2D eigenvalue weighted by Crippen LogP contribution is -2.07. The number of rotatable bonds is 1. The summed E-state index contributed by atoms with van der Waals surface area (Å²) in [6, 6.07) is 11.5. The molecule has 0 saturated carbocycles. The normalized spacial score (nSPS) is 10.8. The van der Waals surface area contributed by atoms with Crippen LogP contribution in [0.3, 0.4) is 0 Å². The van der Waals surface area contributed by atoms with Crippen LogP contribution in [0.15, 0.2) is 42.6 Å². The summed E-state index contributed by atoms with van der Waals surface area (Å²) >= 11 is 0. The average Bonchev–Trinajstić information content (AvgIpc) is 2.77. The fourth-order valence-corrected chi connectivity index (χ4v) is 2.13. The van der Waals surface area contributed by atoms with Crippen molar-refractivity contribution < 1.29 is 9.90 Å². The van der Waals surface area contributed by atoms with Crippen molar-refractivity contribution in [1.29, 1.82) is 0 Å². The number of hydrogen-bond acceptors (Lipinski definition) is 1. The third-order valence-electron chi connectivity index (χ3n) is 2.82. The highest BCUT2D eigenvalue weighted by Crippen LogP contribution is 2.31. The van der Waals surface area contributed by atoms with Gasteiger partial charge in [-0.2, -0.15) is 0 Å². The quantitative estimate of drug-likeness (QED) is 0.595. The van der Waals surface area contributed by atoms with Crippen molar-refractivity contribution in [2.75, 3.05) is 5.32 Å². The summed E-state index contributed by atoms with van der Waals surface area (Å²) in [7, 11) is 0. The molecule has 0 radical (unpaired) electrons. The first-order valence-electron chi connectivity index (χ1n) is 5.24. The van der Waals surface area contributed by atoms with Gasteiger partial charge in [0.05, 0.1) is 5.69 Å². The van der Waals surface area contributed by atoms with Crippen LogP contribution in [0.4, 0.5) is 10.5 Å². The van der Waals surface area contributed by atoms with E-state index in [0.29, 0.717) is 5.69 Å². The maximum Gasteiger partial charge on any atom is 0.409 e. The number of carboxylic acid groups (broad SMARTS) is 1. The molecule has 0 aliphatic rings. The highest BCUT2D eigenvalue weighted by molar-refractivity contribution is 6.13. The summed E-state index contributed by atoms with van der Waals surface area (Å²) < 4.78 is 0. The molecule has 1 amide bonds. The van der Waals surface area contributed by atoms with Crippen molar-refractivity contribution in [3.63, 3.8) is 0 Å². The van der Waals surface area contributed by atoms with Gasteiger partial charge in [0.2, 0.25) is 0 Å². The van der Waals surface area contributed by atoms with Crippen molar-refractivity contribution in [1.82, 2.24) is 4.98 Å². The van der Waals surface area contributed by atoms with Gasteiger partial charge < -0.3 is 10.1 Å². The largest absolute Gasteiger partial charge is 0.465 e. The Morgan fingerprint density at radius 2 is 1.88 bits per heavy atom. The molecule has 0 saturated heterocycles. The molecule has 4 heteroatoms. The van der Waals surface area contributed by atoms with Crippen LogP contribution in [0.25, 0.3) is 21.7 Å². The number of fused-ring (bicyclic) bond motifs is 3. The predicted octanol–water partition coefficient (Wildman–Crippen LogP) is 3.41. The van der Waals surface area contributed by atoms with Crippen LogP contribution in [-0.4, -0.2) is 16.2 Å². The molecule has 0 aliphatic carbocycles. The van der Waals surface area contributed by atoms with E-state index in [1.54, 1.807) is 0 Å². The van der Waals surface area contributed by atoms with Crippen LogP contribution >= 0.6 is 0 Å².